The largest absolute Gasteiger partial charge is 0.0810 e. The van der Waals surface area contributed by atoms with Crippen LogP contribution < -0.4 is 0 Å². The van der Waals surface area contributed by atoms with Gasteiger partial charge in [0, 0.05) is 0 Å². The third-order valence-electron chi connectivity index (χ3n) is 2.64. The summed E-state index contributed by atoms with van der Waals surface area (Å²) in [6, 6.07) is 10.8. The molecule has 0 aliphatic heterocycles. The molecule has 0 amide bonds. The highest BCUT2D eigenvalue weighted by Gasteiger charge is 1.99. The summed E-state index contributed by atoms with van der Waals surface area (Å²) in [5.74, 6) is 0. The molecule has 1 rings (SSSR count). The predicted molar refractivity (Wildman–Crippen MR) is 68.9 cm³/mol. The monoisotopic (exact) mass is 202 g/mol. The van der Waals surface area contributed by atoms with Crippen molar-refractivity contribution in [2.24, 2.45) is 0 Å². The van der Waals surface area contributed by atoms with Crippen LogP contribution in [0.1, 0.15) is 51.5 Å². The Morgan fingerprint density at radius 1 is 1.07 bits per heavy atom. The first-order chi connectivity index (χ1) is 7.38. The van der Waals surface area contributed by atoms with Gasteiger partial charge in [0.15, 0.2) is 0 Å². The van der Waals surface area contributed by atoms with Gasteiger partial charge in [-0.2, -0.15) is 0 Å². The van der Waals surface area contributed by atoms with Crippen LogP contribution in [0.25, 0.3) is 5.57 Å². The highest BCUT2D eigenvalue weighted by Crippen LogP contribution is 2.21. The third kappa shape index (κ3) is 4.33. The van der Waals surface area contributed by atoms with Gasteiger partial charge >= 0.3 is 0 Å². The van der Waals surface area contributed by atoms with E-state index in [2.05, 4.69) is 50.3 Å². The summed E-state index contributed by atoms with van der Waals surface area (Å²) in [4.78, 5) is 0. The summed E-state index contributed by atoms with van der Waals surface area (Å²) in [5, 5.41) is 0. The van der Waals surface area contributed by atoms with E-state index in [1.54, 1.807) is 0 Å². The molecular formula is C15H22. The first kappa shape index (κ1) is 12.0. The van der Waals surface area contributed by atoms with Crippen LogP contribution in [-0.4, -0.2) is 0 Å². The Balaban J connectivity index is 2.63. The minimum atomic E-state index is 1.14. The molecule has 0 atom stereocenters. The second-order valence-corrected chi connectivity index (χ2v) is 3.96. The Hall–Kier alpha value is -1.04. The molecule has 0 spiro atoms. The number of hydrogen-bond acceptors (Lipinski definition) is 0. The molecule has 1 aromatic carbocycles. The van der Waals surface area contributed by atoms with Crippen LogP contribution in [-0.2, 0) is 0 Å². The fourth-order valence-electron chi connectivity index (χ4n) is 1.83. The second-order valence-electron chi connectivity index (χ2n) is 3.96. The van der Waals surface area contributed by atoms with E-state index in [9.17, 15) is 0 Å². The van der Waals surface area contributed by atoms with Gasteiger partial charge in [0.25, 0.3) is 0 Å². The molecule has 0 bridgehead atoms. The van der Waals surface area contributed by atoms with Crippen molar-refractivity contribution in [3.8, 4) is 0 Å². The SMILES string of the molecule is CC/C=C(/CCCCC)c1ccccc1. The van der Waals surface area contributed by atoms with E-state index in [1.165, 1.54) is 36.8 Å². The molecule has 0 fully saturated rings. The van der Waals surface area contributed by atoms with E-state index >= 15 is 0 Å². The molecule has 1 aromatic rings. The lowest BCUT2D eigenvalue weighted by atomic mass is 9.99. The van der Waals surface area contributed by atoms with Gasteiger partial charge in [-0.25, -0.2) is 0 Å². The Kier molecular flexibility index (Phi) is 5.84. The minimum Gasteiger partial charge on any atom is -0.0810 e. The second kappa shape index (κ2) is 7.28. The maximum atomic E-state index is 2.37. The number of hydrogen-bond donors (Lipinski definition) is 0. The Morgan fingerprint density at radius 2 is 1.80 bits per heavy atom. The zero-order valence-electron chi connectivity index (χ0n) is 10.00. The molecule has 0 heteroatoms. The van der Waals surface area contributed by atoms with Gasteiger partial charge in [0.1, 0.15) is 0 Å². The molecule has 0 unspecified atom stereocenters. The van der Waals surface area contributed by atoms with Crippen molar-refractivity contribution in [2.75, 3.05) is 0 Å². The van der Waals surface area contributed by atoms with Crippen LogP contribution in [0.3, 0.4) is 0 Å². The van der Waals surface area contributed by atoms with Gasteiger partial charge in [-0.15, -0.1) is 0 Å². The van der Waals surface area contributed by atoms with E-state index in [1.807, 2.05) is 0 Å². The maximum Gasteiger partial charge on any atom is -0.0228 e. The predicted octanol–water partition coefficient (Wildman–Crippen LogP) is 5.06. The quantitative estimate of drug-likeness (QED) is 0.565. The van der Waals surface area contributed by atoms with Crippen molar-refractivity contribution in [3.63, 3.8) is 0 Å². The zero-order chi connectivity index (χ0) is 10.9. The van der Waals surface area contributed by atoms with Crippen molar-refractivity contribution in [3.05, 3.63) is 42.0 Å². The molecule has 0 radical (unpaired) electrons. The number of benzene rings is 1. The number of allylic oxidation sites excluding steroid dienone is 2. The highest BCUT2D eigenvalue weighted by molar-refractivity contribution is 5.65. The van der Waals surface area contributed by atoms with E-state index < -0.39 is 0 Å². The van der Waals surface area contributed by atoms with E-state index in [-0.39, 0.29) is 0 Å². The third-order valence-corrected chi connectivity index (χ3v) is 2.64. The highest BCUT2D eigenvalue weighted by atomic mass is 14.0. The summed E-state index contributed by atoms with van der Waals surface area (Å²) >= 11 is 0. The van der Waals surface area contributed by atoms with Gasteiger partial charge in [-0.05, 0) is 30.4 Å². The molecule has 0 aromatic heterocycles. The Labute approximate surface area is 94.0 Å². The number of rotatable bonds is 6. The fraction of sp³-hybridized carbons (Fsp3) is 0.467. The van der Waals surface area contributed by atoms with Crippen LogP contribution in [0, 0.1) is 0 Å². The summed E-state index contributed by atoms with van der Waals surface area (Å²) < 4.78 is 0. The van der Waals surface area contributed by atoms with Crippen molar-refractivity contribution in [1.82, 2.24) is 0 Å². The maximum absolute atomic E-state index is 2.37. The summed E-state index contributed by atoms with van der Waals surface area (Å²) in [7, 11) is 0. The van der Waals surface area contributed by atoms with Crippen LogP contribution in [0.2, 0.25) is 0 Å². The lowest BCUT2D eigenvalue weighted by Crippen LogP contribution is -1.85. The number of unbranched alkanes of at least 4 members (excludes halogenated alkanes) is 2. The summed E-state index contributed by atoms with van der Waals surface area (Å²) in [6.07, 6.45) is 8.69. The van der Waals surface area contributed by atoms with Gasteiger partial charge < -0.3 is 0 Å². The molecule has 0 aliphatic carbocycles. The van der Waals surface area contributed by atoms with E-state index in [4.69, 9.17) is 0 Å². The molecule has 0 saturated carbocycles. The molecule has 0 N–H and O–H groups in total. The lowest BCUT2D eigenvalue weighted by molar-refractivity contribution is 0.734. The van der Waals surface area contributed by atoms with Crippen molar-refractivity contribution < 1.29 is 0 Å². The first-order valence-electron chi connectivity index (χ1n) is 6.13. The van der Waals surface area contributed by atoms with Crippen LogP contribution in [0.15, 0.2) is 36.4 Å². The van der Waals surface area contributed by atoms with Gasteiger partial charge in [-0.1, -0.05) is 63.1 Å². The molecule has 15 heavy (non-hydrogen) atoms. The van der Waals surface area contributed by atoms with Crippen LogP contribution in [0.4, 0.5) is 0 Å². The van der Waals surface area contributed by atoms with E-state index in [0.717, 1.165) is 6.42 Å². The average molecular weight is 202 g/mol. The molecule has 82 valence electrons. The van der Waals surface area contributed by atoms with Crippen molar-refractivity contribution in [2.45, 2.75) is 46.0 Å². The first-order valence-corrected chi connectivity index (χ1v) is 6.13. The standard InChI is InChI=1S/C15H22/c1-3-5-7-11-14(10-4-2)15-12-8-6-9-13-15/h6,8-10,12-13H,3-5,7,11H2,1-2H3/b14-10-. The average Bonchev–Trinajstić information content (AvgIpc) is 2.29. The lowest BCUT2D eigenvalue weighted by Gasteiger charge is -2.07. The zero-order valence-corrected chi connectivity index (χ0v) is 10.00. The Morgan fingerprint density at radius 3 is 2.40 bits per heavy atom. The topological polar surface area (TPSA) is 0 Å². The fourth-order valence-corrected chi connectivity index (χ4v) is 1.83. The Bertz CT molecular complexity index is 282. The van der Waals surface area contributed by atoms with Gasteiger partial charge in [0.2, 0.25) is 0 Å². The molecule has 0 nitrogen and oxygen atoms in total. The van der Waals surface area contributed by atoms with Gasteiger partial charge in [0.05, 0.1) is 0 Å². The van der Waals surface area contributed by atoms with Crippen molar-refractivity contribution in [1.29, 1.82) is 0 Å². The molecular weight excluding hydrogens is 180 g/mol. The van der Waals surface area contributed by atoms with Crippen LogP contribution in [0.5, 0.6) is 0 Å². The molecule has 0 aliphatic rings. The van der Waals surface area contributed by atoms with Crippen molar-refractivity contribution >= 4 is 5.57 Å². The van der Waals surface area contributed by atoms with E-state index in [0.29, 0.717) is 0 Å². The van der Waals surface area contributed by atoms with Gasteiger partial charge in [-0.3, -0.25) is 0 Å². The molecule has 0 saturated heterocycles. The summed E-state index contributed by atoms with van der Waals surface area (Å²) in [6.45, 7) is 4.47. The molecule has 0 heterocycles. The summed E-state index contributed by atoms with van der Waals surface area (Å²) in [5.41, 5.74) is 2.92. The smallest absolute Gasteiger partial charge is 0.0228 e. The minimum absolute atomic E-state index is 1.14. The van der Waals surface area contributed by atoms with Crippen LogP contribution >= 0.6 is 0 Å². The normalized spacial score (nSPS) is 11.7.